The highest BCUT2D eigenvalue weighted by Gasteiger charge is 2.11. The highest BCUT2D eigenvalue weighted by molar-refractivity contribution is 5.77. The summed E-state index contributed by atoms with van der Waals surface area (Å²) in [5, 5.41) is 2.67. The van der Waals surface area contributed by atoms with Crippen molar-refractivity contribution >= 4 is 5.91 Å². The van der Waals surface area contributed by atoms with Crippen LogP contribution in [0.5, 0.6) is 5.75 Å². The second-order valence-corrected chi connectivity index (χ2v) is 4.25. The SMILES string of the molecule is COCCCNC(=O)COc1c(F)cccc1CCN. The van der Waals surface area contributed by atoms with Crippen LogP contribution in [0.25, 0.3) is 0 Å². The normalized spacial score (nSPS) is 10.3. The molecule has 1 rings (SSSR count). The van der Waals surface area contributed by atoms with Crippen LogP contribution in [0.15, 0.2) is 18.2 Å². The minimum Gasteiger partial charge on any atom is -0.480 e. The lowest BCUT2D eigenvalue weighted by atomic mass is 10.1. The molecule has 0 radical (unpaired) electrons. The molecule has 0 unspecified atom stereocenters. The minimum absolute atomic E-state index is 0.102. The molecule has 1 aromatic rings. The van der Waals surface area contributed by atoms with E-state index in [-0.39, 0.29) is 18.3 Å². The van der Waals surface area contributed by atoms with E-state index in [4.69, 9.17) is 15.2 Å². The van der Waals surface area contributed by atoms with Crippen LogP contribution < -0.4 is 15.8 Å². The summed E-state index contributed by atoms with van der Waals surface area (Å²) in [6.45, 7) is 1.26. The fourth-order valence-electron chi connectivity index (χ4n) is 1.70. The number of nitrogens with two attached hydrogens (primary N) is 1. The van der Waals surface area contributed by atoms with Gasteiger partial charge in [0.25, 0.3) is 5.91 Å². The van der Waals surface area contributed by atoms with Crippen LogP contribution in [0.4, 0.5) is 4.39 Å². The Bertz CT molecular complexity index is 427. The predicted octanol–water partition coefficient (Wildman–Crippen LogP) is 0.858. The second kappa shape index (κ2) is 9.28. The summed E-state index contributed by atoms with van der Waals surface area (Å²) in [6.07, 6.45) is 1.23. The maximum atomic E-state index is 13.7. The van der Waals surface area contributed by atoms with Gasteiger partial charge in [-0.25, -0.2) is 4.39 Å². The van der Waals surface area contributed by atoms with Crippen molar-refractivity contribution in [3.05, 3.63) is 29.6 Å². The first-order chi connectivity index (χ1) is 9.69. The van der Waals surface area contributed by atoms with Crippen molar-refractivity contribution in [3.63, 3.8) is 0 Å². The Kier molecular flexibility index (Phi) is 7.60. The highest BCUT2D eigenvalue weighted by atomic mass is 19.1. The number of amides is 1. The quantitative estimate of drug-likeness (QED) is 0.660. The van der Waals surface area contributed by atoms with Crippen LogP contribution in [0.2, 0.25) is 0 Å². The van der Waals surface area contributed by atoms with E-state index in [1.165, 1.54) is 6.07 Å². The predicted molar refractivity (Wildman–Crippen MR) is 74.2 cm³/mol. The molecule has 5 nitrogen and oxygen atoms in total. The van der Waals surface area contributed by atoms with Gasteiger partial charge in [0.1, 0.15) is 0 Å². The summed E-state index contributed by atoms with van der Waals surface area (Å²) >= 11 is 0. The van der Waals surface area contributed by atoms with Crippen molar-refractivity contribution < 1.29 is 18.7 Å². The average Bonchev–Trinajstić information content (AvgIpc) is 2.43. The smallest absolute Gasteiger partial charge is 0.257 e. The number of methoxy groups -OCH3 is 1. The highest BCUT2D eigenvalue weighted by Crippen LogP contribution is 2.22. The van der Waals surface area contributed by atoms with Crippen molar-refractivity contribution in [3.8, 4) is 5.75 Å². The van der Waals surface area contributed by atoms with E-state index in [0.717, 1.165) is 6.42 Å². The van der Waals surface area contributed by atoms with Crippen molar-refractivity contribution in [2.45, 2.75) is 12.8 Å². The van der Waals surface area contributed by atoms with Gasteiger partial charge in [-0.1, -0.05) is 12.1 Å². The number of carbonyl (C=O) groups excluding carboxylic acids is 1. The zero-order chi connectivity index (χ0) is 14.8. The maximum Gasteiger partial charge on any atom is 0.257 e. The molecular weight excluding hydrogens is 263 g/mol. The van der Waals surface area contributed by atoms with E-state index < -0.39 is 5.82 Å². The Balaban J connectivity index is 2.46. The molecule has 3 N–H and O–H groups in total. The molecule has 20 heavy (non-hydrogen) atoms. The third-order valence-corrected chi connectivity index (χ3v) is 2.66. The van der Waals surface area contributed by atoms with Gasteiger partial charge in [0.15, 0.2) is 18.2 Å². The standard InChI is InChI=1S/C14H21FN2O3/c1-19-9-3-8-17-13(18)10-20-14-11(6-7-16)4-2-5-12(14)15/h2,4-5H,3,6-10,16H2,1H3,(H,17,18). The molecular formula is C14H21FN2O3. The van der Waals surface area contributed by atoms with Crippen molar-refractivity contribution in [2.24, 2.45) is 5.73 Å². The first kappa shape index (κ1) is 16.4. The molecule has 0 aromatic heterocycles. The summed E-state index contributed by atoms with van der Waals surface area (Å²) in [6, 6.07) is 4.63. The Morgan fingerprint density at radius 3 is 2.95 bits per heavy atom. The van der Waals surface area contributed by atoms with Gasteiger partial charge in [0.2, 0.25) is 0 Å². The van der Waals surface area contributed by atoms with Crippen LogP contribution >= 0.6 is 0 Å². The van der Waals surface area contributed by atoms with Crippen LogP contribution in [0, 0.1) is 5.82 Å². The van der Waals surface area contributed by atoms with E-state index in [9.17, 15) is 9.18 Å². The fourth-order valence-corrected chi connectivity index (χ4v) is 1.70. The maximum absolute atomic E-state index is 13.7. The van der Waals surface area contributed by atoms with Gasteiger partial charge in [-0.3, -0.25) is 4.79 Å². The van der Waals surface area contributed by atoms with E-state index in [1.54, 1.807) is 19.2 Å². The number of benzene rings is 1. The monoisotopic (exact) mass is 284 g/mol. The molecule has 0 aliphatic heterocycles. The number of ether oxygens (including phenoxy) is 2. The van der Waals surface area contributed by atoms with Gasteiger partial charge >= 0.3 is 0 Å². The Hall–Kier alpha value is -1.66. The summed E-state index contributed by atoms with van der Waals surface area (Å²) in [7, 11) is 1.60. The van der Waals surface area contributed by atoms with Gasteiger partial charge in [-0.15, -0.1) is 0 Å². The average molecular weight is 284 g/mol. The molecule has 0 aliphatic rings. The van der Waals surface area contributed by atoms with Crippen LogP contribution in [0.1, 0.15) is 12.0 Å². The molecule has 0 saturated carbocycles. The summed E-state index contributed by atoms with van der Waals surface area (Å²) in [5.41, 5.74) is 6.13. The number of carbonyl (C=O) groups is 1. The zero-order valence-electron chi connectivity index (χ0n) is 11.7. The van der Waals surface area contributed by atoms with Gasteiger partial charge in [-0.05, 0) is 31.0 Å². The van der Waals surface area contributed by atoms with Gasteiger partial charge < -0.3 is 20.5 Å². The molecule has 0 bridgehead atoms. The molecule has 1 amide bonds. The lowest BCUT2D eigenvalue weighted by Gasteiger charge is -2.12. The van der Waals surface area contributed by atoms with Gasteiger partial charge in [0, 0.05) is 20.3 Å². The molecule has 0 fully saturated rings. The van der Waals surface area contributed by atoms with E-state index in [0.29, 0.717) is 31.7 Å². The molecule has 6 heteroatoms. The molecule has 0 saturated heterocycles. The van der Waals surface area contributed by atoms with E-state index in [1.807, 2.05) is 0 Å². The topological polar surface area (TPSA) is 73.6 Å². The fraction of sp³-hybridized carbons (Fsp3) is 0.500. The van der Waals surface area contributed by atoms with Crippen molar-refractivity contribution in [1.82, 2.24) is 5.32 Å². The lowest BCUT2D eigenvalue weighted by molar-refractivity contribution is -0.123. The number of hydrogen-bond donors (Lipinski definition) is 2. The third-order valence-electron chi connectivity index (χ3n) is 2.66. The van der Waals surface area contributed by atoms with Crippen LogP contribution in [-0.4, -0.2) is 39.3 Å². The number of hydrogen-bond acceptors (Lipinski definition) is 4. The minimum atomic E-state index is -0.483. The van der Waals surface area contributed by atoms with Crippen LogP contribution in [0.3, 0.4) is 0 Å². The summed E-state index contributed by atoms with van der Waals surface area (Å²) in [5.74, 6) is -0.670. The van der Waals surface area contributed by atoms with E-state index >= 15 is 0 Å². The number of halogens is 1. The second-order valence-electron chi connectivity index (χ2n) is 4.25. The van der Waals surface area contributed by atoms with Crippen molar-refractivity contribution in [1.29, 1.82) is 0 Å². The first-order valence-electron chi connectivity index (χ1n) is 6.55. The number of rotatable bonds is 9. The van der Waals surface area contributed by atoms with Gasteiger partial charge in [-0.2, -0.15) is 0 Å². The summed E-state index contributed by atoms with van der Waals surface area (Å²) in [4.78, 5) is 11.5. The molecule has 112 valence electrons. The number of nitrogens with one attached hydrogen (secondary N) is 1. The Morgan fingerprint density at radius 2 is 2.25 bits per heavy atom. The molecule has 0 atom stereocenters. The lowest BCUT2D eigenvalue weighted by Crippen LogP contribution is -2.30. The first-order valence-corrected chi connectivity index (χ1v) is 6.55. The Morgan fingerprint density at radius 1 is 1.45 bits per heavy atom. The number of para-hydroxylation sites is 1. The van der Waals surface area contributed by atoms with Crippen molar-refractivity contribution in [2.75, 3.05) is 33.4 Å². The summed E-state index contributed by atoms with van der Waals surface area (Å²) < 4.78 is 23.8. The molecule has 0 heterocycles. The largest absolute Gasteiger partial charge is 0.480 e. The Labute approximate surface area is 118 Å². The van der Waals surface area contributed by atoms with E-state index in [2.05, 4.69) is 5.32 Å². The molecule has 0 spiro atoms. The van der Waals surface area contributed by atoms with Gasteiger partial charge in [0.05, 0.1) is 0 Å². The molecule has 1 aromatic carbocycles. The zero-order valence-corrected chi connectivity index (χ0v) is 11.7. The third kappa shape index (κ3) is 5.54. The molecule has 0 aliphatic carbocycles. The van der Waals surface area contributed by atoms with Crippen LogP contribution in [-0.2, 0) is 16.0 Å².